The number of guanidine groups is 1. The smallest absolute Gasteiger partial charge is 0.188 e. The van der Waals surface area contributed by atoms with Gasteiger partial charge in [0.2, 0.25) is 0 Å². The van der Waals surface area contributed by atoms with Crippen LogP contribution in [-0.4, -0.2) is 33.3 Å². The highest BCUT2D eigenvalue weighted by atomic mass is 16.5. The molecule has 0 aromatic heterocycles. The van der Waals surface area contributed by atoms with Gasteiger partial charge in [0.25, 0.3) is 0 Å². The average molecular weight is 305 g/mol. The fourth-order valence-electron chi connectivity index (χ4n) is 2.50. The molecule has 122 valence electrons. The Morgan fingerprint density at radius 1 is 1.27 bits per heavy atom. The lowest BCUT2D eigenvalue weighted by Gasteiger charge is -2.23. The molecule has 0 aliphatic heterocycles. The maximum Gasteiger partial charge on any atom is 0.188 e. The van der Waals surface area contributed by atoms with Crippen molar-refractivity contribution in [3.63, 3.8) is 0 Å². The summed E-state index contributed by atoms with van der Waals surface area (Å²) < 4.78 is 10.6. The summed E-state index contributed by atoms with van der Waals surface area (Å²) in [5.41, 5.74) is 7.09. The zero-order valence-corrected chi connectivity index (χ0v) is 13.6. The van der Waals surface area contributed by atoms with Gasteiger partial charge >= 0.3 is 0 Å². The van der Waals surface area contributed by atoms with Crippen molar-refractivity contribution in [2.75, 3.05) is 27.3 Å². The van der Waals surface area contributed by atoms with Crippen molar-refractivity contribution in [2.24, 2.45) is 16.6 Å². The largest absolute Gasteiger partial charge is 0.493 e. The number of aliphatic imine (C=N–C) groups is 1. The predicted molar refractivity (Wildman–Crippen MR) is 89.7 cm³/mol. The second-order valence-electron chi connectivity index (χ2n) is 5.74. The number of nitrogens with two attached hydrogens (primary N) is 1. The van der Waals surface area contributed by atoms with E-state index in [9.17, 15) is 0 Å². The number of hydrogen-bond donors (Lipinski definition) is 2. The lowest BCUT2D eigenvalue weighted by molar-refractivity contribution is 0.326. The molecule has 0 heterocycles. The van der Waals surface area contributed by atoms with E-state index in [1.54, 1.807) is 14.2 Å². The first-order valence-electron chi connectivity index (χ1n) is 7.97. The Balaban J connectivity index is 1.69. The number of nitrogens with one attached hydrogen (secondary N) is 1. The Hall–Kier alpha value is -1.91. The molecule has 1 aliphatic rings. The highest BCUT2D eigenvalue weighted by molar-refractivity contribution is 5.77. The summed E-state index contributed by atoms with van der Waals surface area (Å²) in [5.74, 6) is 2.86. The molecule has 0 radical (unpaired) electrons. The Bertz CT molecular complexity index is 499. The van der Waals surface area contributed by atoms with E-state index in [2.05, 4.69) is 16.4 Å². The molecule has 3 N–H and O–H groups in total. The molecule has 1 aliphatic carbocycles. The number of rotatable bonds is 8. The maximum absolute atomic E-state index is 5.87. The van der Waals surface area contributed by atoms with Crippen molar-refractivity contribution in [3.05, 3.63) is 23.8 Å². The molecule has 5 heteroatoms. The number of hydrogen-bond acceptors (Lipinski definition) is 3. The Kier molecular flexibility index (Phi) is 6.37. The minimum atomic E-state index is 0.569. The van der Waals surface area contributed by atoms with Crippen molar-refractivity contribution < 1.29 is 9.47 Å². The third-order valence-electron chi connectivity index (χ3n) is 4.14. The second kappa shape index (κ2) is 8.51. The highest BCUT2D eigenvalue weighted by Gasteiger charge is 2.16. The maximum atomic E-state index is 5.87. The molecule has 0 unspecified atom stereocenters. The van der Waals surface area contributed by atoms with Crippen LogP contribution >= 0.6 is 0 Å². The number of ether oxygens (including phenoxy) is 2. The summed E-state index contributed by atoms with van der Waals surface area (Å²) in [6.07, 6.45) is 5.91. The first-order valence-corrected chi connectivity index (χ1v) is 7.97. The van der Waals surface area contributed by atoms with Crippen LogP contribution < -0.4 is 20.5 Å². The number of nitrogens with zero attached hydrogens (tertiary/aromatic N) is 1. The monoisotopic (exact) mass is 305 g/mol. The molecule has 1 aromatic carbocycles. The van der Waals surface area contributed by atoms with Gasteiger partial charge in [0.1, 0.15) is 0 Å². The van der Waals surface area contributed by atoms with Gasteiger partial charge in [-0.05, 0) is 49.3 Å². The summed E-state index contributed by atoms with van der Waals surface area (Å²) in [4.78, 5) is 4.39. The van der Waals surface area contributed by atoms with Gasteiger partial charge in [-0.3, -0.25) is 4.99 Å². The summed E-state index contributed by atoms with van der Waals surface area (Å²) >= 11 is 0. The molecule has 1 aromatic rings. The van der Waals surface area contributed by atoms with Crippen LogP contribution in [0.15, 0.2) is 23.2 Å². The van der Waals surface area contributed by atoms with Gasteiger partial charge in [0, 0.05) is 13.1 Å². The number of aryl methyl sites for hydroxylation is 1. The molecule has 0 spiro atoms. The van der Waals surface area contributed by atoms with Crippen molar-refractivity contribution in [1.82, 2.24) is 5.32 Å². The molecule has 22 heavy (non-hydrogen) atoms. The van der Waals surface area contributed by atoms with Gasteiger partial charge in [0.15, 0.2) is 17.5 Å². The van der Waals surface area contributed by atoms with Crippen molar-refractivity contribution >= 4 is 5.96 Å². The van der Waals surface area contributed by atoms with Crippen LogP contribution in [0, 0.1) is 5.92 Å². The van der Waals surface area contributed by atoms with E-state index in [1.165, 1.54) is 24.8 Å². The lowest BCUT2D eigenvalue weighted by atomic mass is 9.86. The molecule has 2 rings (SSSR count). The molecule has 1 saturated carbocycles. The fourth-order valence-corrected chi connectivity index (χ4v) is 2.50. The molecule has 1 fully saturated rings. The minimum Gasteiger partial charge on any atom is -0.493 e. The SMILES string of the molecule is COc1ccc(CCCNC(N)=NCC2CCC2)cc1OC. The van der Waals surface area contributed by atoms with Gasteiger partial charge in [0.05, 0.1) is 14.2 Å². The summed E-state index contributed by atoms with van der Waals surface area (Å²) in [5, 5.41) is 3.18. The quantitative estimate of drug-likeness (QED) is 0.439. The van der Waals surface area contributed by atoms with Gasteiger partial charge in [-0.1, -0.05) is 12.5 Å². The Labute approximate surface area is 132 Å². The van der Waals surface area contributed by atoms with E-state index in [-0.39, 0.29) is 0 Å². The highest BCUT2D eigenvalue weighted by Crippen LogP contribution is 2.28. The van der Waals surface area contributed by atoms with Crippen LogP contribution in [0.3, 0.4) is 0 Å². The van der Waals surface area contributed by atoms with Crippen LogP contribution in [0.25, 0.3) is 0 Å². The van der Waals surface area contributed by atoms with E-state index < -0.39 is 0 Å². The van der Waals surface area contributed by atoms with Crippen molar-refractivity contribution in [1.29, 1.82) is 0 Å². The molecule has 0 saturated heterocycles. The molecular formula is C17H27N3O2. The fraction of sp³-hybridized carbons (Fsp3) is 0.588. The van der Waals surface area contributed by atoms with Crippen LogP contribution in [0.4, 0.5) is 0 Å². The number of methoxy groups -OCH3 is 2. The molecule has 0 amide bonds. The van der Waals surface area contributed by atoms with Crippen molar-refractivity contribution in [2.45, 2.75) is 32.1 Å². The first-order chi connectivity index (χ1) is 10.7. The predicted octanol–water partition coefficient (Wildman–Crippen LogP) is 2.34. The zero-order valence-electron chi connectivity index (χ0n) is 13.6. The molecule has 0 atom stereocenters. The first kappa shape index (κ1) is 16.5. The third-order valence-corrected chi connectivity index (χ3v) is 4.14. The molecule has 5 nitrogen and oxygen atoms in total. The Morgan fingerprint density at radius 2 is 2.05 bits per heavy atom. The summed E-state index contributed by atoms with van der Waals surface area (Å²) in [6, 6.07) is 6.03. The third kappa shape index (κ3) is 4.83. The van der Waals surface area contributed by atoms with Crippen LogP contribution in [-0.2, 0) is 6.42 Å². The normalized spacial score (nSPS) is 15.3. The van der Waals surface area contributed by atoms with Crippen LogP contribution in [0.5, 0.6) is 11.5 Å². The van der Waals surface area contributed by atoms with E-state index >= 15 is 0 Å². The van der Waals surface area contributed by atoms with Crippen LogP contribution in [0.1, 0.15) is 31.2 Å². The van der Waals surface area contributed by atoms with Gasteiger partial charge < -0.3 is 20.5 Å². The van der Waals surface area contributed by atoms with Gasteiger partial charge in [-0.2, -0.15) is 0 Å². The van der Waals surface area contributed by atoms with Gasteiger partial charge in [-0.25, -0.2) is 0 Å². The standard InChI is InChI=1S/C17H27N3O2/c1-21-15-9-8-13(11-16(15)22-2)7-4-10-19-17(18)20-12-14-5-3-6-14/h8-9,11,14H,3-7,10,12H2,1-2H3,(H3,18,19,20). The number of benzene rings is 1. The zero-order chi connectivity index (χ0) is 15.8. The average Bonchev–Trinajstić information content (AvgIpc) is 2.49. The summed E-state index contributed by atoms with van der Waals surface area (Å²) in [7, 11) is 3.30. The topological polar surface area (TPSA) is 68.9 Å². The van der Waals surface area contributed by atoms with E-state index in [0.29, 0.717) is 5.96 Å². The molecular weight excluding hydrogens is 278 g/mol. The van der Waals surface area contributed by atoms with E-state index in [4.69, 9.17) is 15.2 Å². The van der Waals surface area contributed by atoms with E-state index in [0.717, 1.165) is 43.3 Å². The summed E-state index contributed by atoms with van der Waals surface area (Å²) in [6.45, 7) is 1.70. The van der Waals surface area contributed by atoms with Gasteiger partial charge in [-0.15, -0.1) is 0 Å². The Morgan fingerprint density at radius 3 is 2.68 bits per heavy atom. The van der Waals surface area contributed by atoms with E-state index in [1.807, 2.05) is 12.1 Å². The lowest BCUT2D eigenvalue weighted by Crippen LogP contribution is -2.33. The minimum absolute atomic E-state index is 0.569. The second-order valence-corrected chi connectivity index (χ2v) is 5.74. The van der Waals surface area contributed by atoms with Crippen LogP contribution in [0.2, 0.25) is 0 Å². The van der Waals surface area contributed by atoms with Crippen molar-refractivity contribution in [3.8, 4) is 11.5 Å². The molecule has 0 bridgehead atoms.